The van der Waals surface area contributed by atoms with Gasteiger partial charge in [0.2, 0.25) is 0 Å². The van der Waals surface area contributed by atoms with Crippen molar-refractivity contribution in [3.63, 3.8) is 0 Å². The molecule has 13 heteroatoms. The zero-order valence-electron chi connectivity index (χ0n) is 15.7. The molecule has 0 N–H and O–H groups in total. The molecule has 0 spiro atoms. The van der Waals surface area contributed by atoms with Crippen molar-refractivity contribution in [3.8, 4) is 23.0 Å². The second kappa shape index (κ2) is 9.59. The van der Waals surface area contributed by atoms with Crippen LogP contribution in [-0.2, 0) is 21.0 Å². The van der Waals surface area contributed by atoms with E-state index >= 15 is 0 Å². The molecule has 170 valence electrons. The molecule has 8 nitrogen and oxygen atoms in total. The Kier molecular flexibility index (Phi) is 7.06. The number of rotatable bonds is 9. The molecule has 3 rings (SSSR count). The van der Waals surface area contributed by atoms with E-state index in [-0.39, 0.29) is 23.0 Å². The quantitative estimate of drug-likeness (QED) is 0.304. The molecule has 0 heterocycles. The van der Waals surface area contributed by atoms with Crippen LogP contribution in [0.2, 0.25) is 5.02 Å². The average molecular weight is 507 g/mol. The molecule has 32 heavy (non-hydrogen) atoms. The summed E-state index contributed by atoms with van der Waals surface area (Å²) >= 11 is 5.91. The van der Waals surface area contributed by atoms with E-state index < -0.39 is 27.3 Å². The van der Waals surface area contributed by atoms with Gasteiger partial charge >= 0.3 is 21.0 Å². The van der Waals surface area contributed by atoms with Crippen LogP contribution in [0.15, 0.2) is 72.8 Å². The molecule has 0 aliphatic rings. The molecule has 0 unspecified atom stereocenters. The van der Waals surface area contributed by atoms with Gasteiger partial charge in [-0.1, -0.05) is 31.5 Å². The highest BCUT2D eigenvalue weighted by molar-refractivity contribution is 7.82. The number of halogens is 3. The SMILES string of the molecule is O=S(=O)(F)Oc1ccc(OC(Oc2ccc(OS(=O)(=O)F)cc2)c2ccc(Cl)cc2)cc1. The first-order valence-electron chi connectivity index (χ1n) is 8.54. The second-order valence-electron chi connectivity index (χ2n) is 6.01. The van der Waals surface area contributed by atoms with Gasteiger partial charge in [0, 0.05) is 10.6 Å². The largest absolute Gasteiger partial charge is 0.488 e. The summed E-state index contributed by atoms with van der Waals surface area (Å²) in [5.74, 6) is -0.0847. The van der Waals surface area contributed by atoms with E-state index in [0.29, 0.717) is 10.6 Å². The van der Waals surface area contributed by atoms with Crippen LogP contribution in [0.5, 0.6) is 23.0 Å². The van der Waals surface area contributed by atoms with E-state index in [2.05, 4.69) is 8.37 Å². The third-order valence-corrected chi connectivity index (χ3v) is 4.70. The van der Waals surface area contributed by atoms with Crippen molar-refractivity contribution in [3.05, 3.63) is 83.4 Å². The van der Waals surface area contributed by atoms with E-state index in [1.54, 1.807) is 24.3 Å². The predicted molar refractivity (Wildman–Crippen MR) is 110 cm³/mol. The van der Waals surface area contributed by atoms with E-state index in [4.69, 9.17) is 21.1 Å². The van der Waals surface area contributed by atoms with Crippen molar-refractivity contribution in [2.75, 3.05) is 0 Å². The summed E-state index contributed by atoms with van der Waals surface area (Å²) in [4.78, 5) is 0. The van der Waals surface area contributed by atoms with Gasteiger partial charge in [0.15, 0.2) is 0 Å². The smallest absolute Gasteiger partial charge is 0.451 e. The fraction of sp³-hybridized carbons (Fsp3) is 0.0526. The fourth-order valence-corrected chi connectivity index (χ4v) is 3.21. The molecule has 0 atom stereocenters. The minimum Gasteiger partial charge on any atom is -0.451 e. The van der Waals surface area contributed by atoms with Crippen LogP contribution in [-0.4, -0.2) is 16.8 Å². The van der Waals surface area contributed by atoms with Crippen LogP contribution in [0.25, 0.3) is 0 Å². The van der Waals surface area contributed by atoms with Gasteiger partial charge in [0.05, 0.1) is 0 Å². The zero-order valence-corrected chi connectivity index (χ0v) is 18.1. The molecule has 0 aromatic heterocycles. The molecule has 3 aromatic rings. The first-order chi connectivity index (χ1) is 15.0. The Morgan fingerprint density at radius 1 is 0.594 bits per heavy atom. The minimum absolute atomic E-state index is 0.219. The van der Waals surface area contributed by atoms with Gasteiger partial charge in [0.1, 0.15) is 23.0 Å². The lowest BCUT2D eigenvalue weighted by Gasteiger charge is -2.21. The van der Waals surface area contributed by atoms with Gasteiger partial charge in [-0.2, -0.15) is 16.8 Å². The van der Waals surface area contributed by atoms with Gasteiger partial charge in [0.25, 0.3) is 6.29 Å². The van der Waals surface area contributed by atoms with Crippen molar-refractivity contribution >= 4 is 32.6 Å². The maximum absolute atomic E-state index is 12.6. The van der Waals surface area contributed by atoms with Crippen molar-refractivity contribution in [2.24, 2.45) is 0 Å². The number of hydrogen-bond donors (Lipinski definition) is 0. The first-order valence-corrected chi connectivity index (χ1v) is 11.5. The van der Waals surface area contributed by atoms with E-state index in [1.165, 1.54) is 48.5 Å². The van der Waals surface area contributed by atoms with Crippen LogP contribution in [0, 0.1) is 0 Å². The molecule has 0 bridgehead atoms. The molecule has 0 radical (unpaired) electrons. The summed E-state index contributed by atoms with van der Waals surface area (Å²) in [6, 6.07) is 16.5. The lowest BCUT2D eigenvalue weighted by Crippen LogP contribution is -2.15. The Hall–Kier alpha value is -3.09. The molecule has 0 saturated carbocycles. The van der Waals surface area contributed by atoms with Crippen molar-refractivity contribution in [1.82, 2.24) is 0 Å². The molecule has 0 aliphatic heterocycles. The van der Waals surface area contributed by atoms with E-state index in [1.807, 2.05) is 0 Å². The molecule has 0 aliphatic carbocycles. The zero-order chi connectivity index (χ0) is 23.4. The van der Waals surface area contributed by atoms with Gasteiger partial charge in [-0.3, -0.25) is 0 Å². The molecule has 0 amide bonds. The lowest BCUT2D eigenvalue weighted by molar-refractivity contribution is 0.00376. The number of hydrogen-bond acceptors (Lipinski definition) is 8. The normalized spacial score (nSPS) is 11.8. The van der Waals surface area contributed by atoms with Crippen molar-refractivity contribution in [1.29, 1.82) is 0 Å². The van der Waals surface area contributed by atoms with Crippen LogP contribution < -0.4 is 17.8 Å². The van der Waals surface area contributed by atoms with Gasteiger partial charge in [-0.15, -0.1) is 0 Å². The number of benzene rings is 3. The highest BCUT2D eigenvalue weighted by Gasteiger charge is 2.17. The van der Waals surface area contributed by atoms with Crippen LogP contribution in [0.3, 0.4) is 0 Å². The molecular formula is C19H13ClF2O8S2. The molecule has 0 saturated heterocycles. The highest BCUT2D eigenvalue weighted by atomic mass is 35.5. The maximum atomic E-state index is 12.6. The molecule has 0 fully saturated rings. The molecule has 3 aromatic carbocycles. The van der Waals surface area contributed by atoms with Gasteiger partial charge in [-0.25, -0.2) is 0 Å². The summed E-state index contributed by atoms with van der Waals surface area (Å²) in [6.45, 7) is 0. The number of ether oxygens (including phenoxy) is 2. The highest BCUT2D eigenvalue weighted by Crippen LogP contribution is 2.29. The van der Waals surface area contributed by atoms with Crippen LogP contribution in [0.1, 0.15) is 11.9 Å². The monoisotopic (exact) mass is 506 g/mol. The Morgan fingerprint density at radius 3 is 1.28 bits per heavy atom. The van der Waals surface area contributed by atoms with Crippen LogP contribution >= 0.6 is 11.6 Å². The Labute approximate surface area is 187 Å². The fourth-order valence-electron chi connectivity index (χ4n) is 2.40. The van der Waals surface area contributed by atoms with Crippen molar-refractivity contribution < 1.29 is 42.4 Å². The van der Waals surface area contributed by atoms with E-state index in [9.17, 15) is 24.6 Å². The Bertz CT molecular complexity index is 1180. The maximum Gasteiger partial charge on any atom is 0.488 e. The third-order valence-electron chi connectivity index (χ3n) is 3.67. The van der Waals surface area contributed by atoms with E-state index in [0.717, 1.165) is 0 Å². The predicted octanol–water partition coefficient (Wildman–Crippen LogP) is 4.68. The summed E-state index contributed by atoms with van der Waals surface area (Å²) in [5.41, 5.74) is 0.535. The topological polar surface area (TPSA) is 105 Å². The van der Waals surface area contributed by atoms with Crippen LogP contribution in [0.4, 0.5) is 7.77 Å². The standard InChI is InChI=1S/C19H13ClF2O8S2/c20-14-3-1-13(2-4-14)19(27-15-5-9-17(10-6-15)29-31(21,23)24)28-16-7-11-18(12-8-16)30-32(22,25)26/h1-12,19H. The summed E-state index contributed by atoms with van der Waals surface area (Å²) in [6.07, 6.45) is -1.04. The van der Waals surface area contributed by atoms with Crippen molar-refractivity contribution in [2.45, 2.75) is 6.29 Å². The Morgan fingerprint density at radius 2 is 0.938 bits per heavy atom. The summed E-state index contributed by atoms with van der Waals surface area (Å²) in [7, 11) is -10.3. The summed E-state index contributed by atoms with van der Waals surface area (Å²) in [5, 5.41) is 0.468. The lowest BCUT2D eigenvalue weighted by atomic mass is 10.2. The van der Waals surface area contributed by atoms with Gasteiger partial charge < -0.3 is 17.8 Å². The Balaban J connectivity index is 1.80. The first kappa shape index (κ1) is 23.6. The average Bonchev–Trinajstić information content (AvgIpc) is 2.69. The summed E-state index contributed by atoms with van der Waals surface area (Å²) < 4.78 is 87.3. The second-order valence-corrected chi connectivity index (χ2v) is 8.36. The third kappa shape index (κ3) is 7.55. The van der Waals surface area contributed by atoms with Gasteiger partial charge in [-0.05, 0) is 60.7 Å². The minimum atomic E-state index is -5.17. The molecular weight excluding hydrogens is 494 g/mol.